The molecule has 2 amide bonds. The quantitative estimate of drug-likeness (QED) is 0.352. The molecule has 3 heterocycles. The number of carbonyl (C=O) groups excluding carboxylic acids is 2. The molecular weight excluding hydrogens is 465 g/mol. The van der Waals surface area contributed by atoms with Crippen molar-refractivity contribution in [2.24, 2.45) is 0 Å². The van der Waals surface area contributed by atoms with E-state index >= 15 is 4.39 Å². The molecule has 0 aliphatic heterocycles. The molecule has 10 heteroatoms. The molecule has 0 saturated carbocycles. The second kappa shape index (κ2) is 9.87. The summed E-state index contributed by atoms with van der Waals surface area (Å²) in [6.07, 6.45) is 1.49. The summed E-state index contributed by atoms with van der Waals surface area (Å²) in [6.45, 7) is 1.52. The lowest BCUT2D eigenvalue weighted by Gasteiger charge is -2.30. The number of rotatable bonds is 8. The largest absolute Gasteiger partial charge is 0.467 e. The highest BCUT2D eigenvalue weighted by molar-refractivity contribution is 6.01. The Morgan fingerprint density at radius 3 is 2.61 bits per heavy atom. The zero-order chi connectivity index (χ0) is 25.1. The smallest absolute Gasteiger partial charge is 0.251 e. The van der Waals surface area contributed by atoms with Crippen molar-refractivity contribution >= 4 is 28.5 Å². The van der Waals surface area contributed by atoms with Crippen LogP contribution in [0.25, 0.3) is 11.0 Å². The lowest BCUT2D eigenvalue weighted by molar-refractivity contribution is -0.127. The number of anilines is 1. The first-order chi connectivity index (χ1) is 17.5. The van der Waals surface area contributed by atoms with Gasteiger partial charge in [-0.3, -0.25) is 14.5 Å². The van der Waals surface area contributed by atoms with Gasteiger partial charge in [0, 0.05) is 0 Å². The van der Waals surface area contributed by atoms with E-state index in [4.69, 9.17) is 8.83 Å². The zero-order valence-electron chi connectivity index (χ0n) is 19.3. The minimum Gasteiger partial charge on any atom is -0.467 e. The van der Waals surface area contributed by atoms with Gasteiger partial charge < -0.3 is 14.2 Å². The average Bonchev–Trinajstić information content (AvgIpc) is 3.64. The van der Waals surface area contributed by atoms with E-state index < -0.39 is 23.7 Å². The number of para-hydroxylation sites is 2. The molecule has 3 aromatic heterocycles. The van der Waals surface area contributed by atoms with Crippen LogP contribution in [0.15, 0.2) is 87.9 Å². The number of carbonyl (C=O) groups is 2. The summed E-state index contributed by atoms with van der Waals surface area (Å²) in [6, 6.07) is 18.3. The Bertz CT molecular complexity index is 1510. The Kier molecular flexibility index (Phi) is 6.31. The van der Waals surface area contributed by atoms with Crippen LogP contribution in [-0.4, -0.2) is 26.8 Å². The van der Waals surface area contributed by atoms with Crippen molar-refractivity contribution in [2.75, 3.05) is 4.90 Å². The van der Waals surface area contributed by atoms with Crippen LogP contribution in [0.4, 0.5) is 10.1 Å². The molecule has 0 bridgehead atoms. The molecule has 36 heavy (non-hydrogen) atoms. The fourth-order valence-electron chi connectivity index (χ4n) is 3.96. The zero-order valence-corrected chi connectivity index (χ0v) is 19.3. The van der Waals surface area contributed by atoms with Crippen molar-refractivity contribution in [2.45, 2.75) is 26.1 Å². The van der Waals surface area contributed by atoms with Gasteiger partial charge in [0.2, 0.25) is 5.91 Å². The van der Waals surface area contributed by atoms with Gasteiger partial charge >= 0.3 is 0 Å². The van der Waals surface area contributed by atoms with Crippen LogP contribution in [0.1, 0.15) is 23.3 Å². The van der Waals surface area contributed by atoms with Gasteiger partial charge in [-0.05, 0) is 55.5 Å². The predicted octanol–water partition coefficient (Wildman–Crippen LogP) is 4.16. The Morgan fingerprint density at radius 1 is 1.06 bits per heavy atom. The highest BCUT2D eigenvalue weighted by atomic mass is 19.1. The van der Waals surface area contributed by atoms with Crippen molar-refractivity contribution in [3.05, 3.63) is 102 Å². The molecule has 0 saturated heterocycles. The average molecular weight is 487 g/mol. The van der Waals surface area contributed by atoms with Crippen LogP contribution in [0.5, 0.6) is 0 Å². The van der Waals surface area contributed by atoms with Gasteiger partial charge in [-0.1, -0.05) is 29.5 Å². The van der Waals surface area contributed by atoms with Gasteiger partial charge in [0.15, 0.2) is 6.04 Å². The van der Waals surface area contributed by atoms with Crippen LogP contribution in [0.3, 0.4) is 0 Å². The van der Waals surface area contributed by atoms with E-state index in [1.807, 2.05) is 6.07 Å². The summed E-state index contributed by atoms with van der Waals surface area (Å²) in [7, 11) is 0. The van der Waals surface area contributed by atoms with Gasteiger partial charge in [0.05, 0.1) is 24.0 Å². The van der Waals surface area contributed by atoms with Gasteiger partial charge in [0.25, 0.3) is 5.91 Å². The SMILES string of the molecule is Cc1ccc([C@H](C(=O)NCc2ccco2)N(C(=O)Cn2nnc3ccccc32)c2ccccc2F)o1. The summed E-state index contributed by atoms with van der Waals surface area (Å²) in [5.74, 6) is -0.567. The normalized spacial score (nSPS) is 11.9. The van der Waals surface area contributed by atoms with Crippen LogP contribution in [0, 0.1) is 12.7 Å². The van der Waals surface area contributed by atoms with Crippen molar-refractivity contribution in [3.8, 4) is 0 Å². The minimum atomic E-state index is -1.30. The second-order valence-electron chi connectivity index (χ2n) is 8.10. The summed E-state index contributed by atoms with van der Waals surface area (Å²) in [4.78, 5) is 28.4. The van der Waals surface area contributed by atoms with Crippen LogP contribution in [-0.2, 0) is 22.7 Å². The maximum absolute atomic E-state index is 15.1. The summed E-state index contributed by atoms with van der Waals surface area (Å²) < 4.78 is 27.6. The third-order valence-electron chi connectivity index (χ3n) is 5.64. The van der Waals surface area contributed by atoms with Crippen molar-refractivity contribution in [1.29, 1.82) is 0 Å². The van der Waals surface area contributed by atoms with Crippen molar-refractivity contribution < 1.29 is 22.8 Å². The number of hydrogen-bond donors (Lipinski definition) is 1. The Morgan fingerprint density at radius 2 is 1.86 bits per heavy atom. The van der Waals surface area contributed by atoms with E-state index in [0.717, 1.165) is 4.90 Å². The van der Waals surface area contributed by atoms with Crippen molar-refractivity contribution in [3.63, 3.8) is 0 Å². The fourth-order valence-corrected chi connectivity index (χ4v) is 3.96. The number of nitrogens with zero attached hydrogens (tertiary/aromatic N) is 4. The number of amides is 2. The van der Waals surface area contributed by atoms with Gasteiger partial charge in [-0.15, -0.1) is 5.10 Å². The third-order valence-corrected chi connectivity index (χ3v) is 5.64. The minimum absolute atomic E-state index is 0.0703. The van der Waals surface area contributed by atoms with Gasteiger partial charge in [-0.25, -0.2) is 9.07 Å². The molecular formula is C26H22FN5O4. The first kappa shape index (κ1) is 23.0. The lowest BCUT2D eigenvalue weighted by atomic mass is 10.1. The molecule has 5 rings (SSSR count). The first-order valence-electron chi connectivity index (χ1n) is 11.2. The highest BCUT2D eigenvalue weighted by Crippen LogP contribution is 2.31. The Labute approximate surface area is 205 Å². The van der Waals surface area contributed by atoms with Crippen LogP contribution >= 0.6 is 0 Å². The molecule has 0 unspecified atom stereocenters. The van der Waals surface area contributed by atoms with Crippen molar-refractivity contribution in [1.82, 2.24) is 20.3 Å². The topological polar surface area (TPSA) is 106 Å². The van der Waals surface area contributed by atoms with Gasteiger partial charge in [0.1, 0.15) is 35.2 Å². The van der Waals surface area contributed by atoms with E-state index in [-0.39, 0.29) is 24.5 Å². The first-order valence-corrected chi connectivity index (χ1v) is 11.2. The van der Waals surface area contributed by atoms with Gasteiger partial charge in [-0.2, -0.15) is 0 Å². The summed E-state index contributed by atoms with van der Waals surface area (Å²) in [5.41, 5.74) is 1.17. The number of fused-ring (bicyclic) bond motifs is 1. The molecule has 5 aromatic rings. The Hall–Kier alpha value is -4.73. The highest BCUT2D eigenvalue weighted by Gasteiger charge is 2.36. The number of aryl methyl sites for hydroxylation is 1. The molecule has 1 N–H and O–H groups in total. The van der Waals surface area contributed by atoms with Crippen LogP contribution < -0.4 is 10.2 Å². The second-order valence-corrected chi connectivity index (χ2v) is 8.10. The Balaban J connectivity index is 1.55. The molecule has 0 aliphatic rings. The molecule has 0 radical (unpaired) electrons. The van der Waals surface area contributed by atoms with E-state index in [0.29, 0.717) is 22.6 Å². The molecule has 9 nitrogen and oxygen atoms in total. The summed E-state index contributed by atoms with van der Waals surface area (Å²) in [5, 5.41) is 10.9. The lowest BCUT2D eigenvalue weighted by Crippen LogP contribution is -2.45. The fraction of sp³-hybridized carbons (Fsp3) is 0.154. The maximum atomic E-state index is 15.1. The number of aromatic nitrogens is 3. The molecule has 0 fully saturated rings. The number of benzene rings is 2. The number of furan rings is 2. The van der Waals surface area contributed by atoms with Crippen LogP contribution in [0.2, 0.25) is 0 Å². The van der Waals surface area contributed by atoms with E-state index in [9.17, 15) is 9.59 Å². The van der Waals surface area contributed by atoms with E-state index in [1.165, 1.54) is 29.1 Å². The third kappa shape index (κ3) is 4.61. The number of halogens is 1. The summed E-state index contributed by atoms with van der Waals surface area (Å²) >= 11 is 0. The molecule has 0 aliphatic carbocycles. The predicted molar refractivity (Wildman–Crippen MR) is 128 cm³/mol. The standard InChI is InChI=1S/C26H22FN5O4/c1-17-12-13-23(36-17)25(26(34)28-15-18-7-6-14-35-18)32(21-10-4-2-8-19(21)27)24(33)16-31-22-11-5-3-9-20(22)29-30-31/h2-14,25H,15-16H2,1H3,(H,28,34)/t25-/m1/s1. The molecule has 182 valence electrons. The maximum Gasteiger partial charge on any atom is 0.251 e. The van der Waals surface area contributed by atoms with E-state index in [2.05, 4.69) is 15.6 Å². The molecule has 0 spiro atoms. The monoisotopic (exact) mass is 487 g/mol. The number of hydrogen-bond acceptors (Lipinski definition) is 6. The molecule has 2 aromatic carbocycles. The molecule has 1 atom stereocenters. The van der Waals surface area contributed by atoms with E-state index in [1.54, 1.807) is 55.5 Å². The number of nitrogens with one attached hydrogen (secondary N) is 1.